The third-order valence-electron chi connectivity index (χ3n) is 9.90. The van der Waals surface area contributed by atoms with Crippen LogP contribution in [0.4, 0.5) is 17.1 Å². The van der Waals surface area contributed by atoms with E-state index in [1.165, 1.54) is 16.3 Å². The molecule has 7 aromatic carbocycles. The van der Waals surface area contributed by atoms with Crippen LogP contribution in [0.2, 0.25) is 0 Å². The zero-order valence-electron chi connectivity index (χ0n) is 25.5. The molecular formula is C42H25N2O2PS. The molecule has 3 aliphatic heterocycles. The molecule has 0 bridgehead atoms. The van der Waals surface area contributed by atoms with Gasteiger partial charge in [0.15, 0.2) is 0 Å². The molecule has 0 N–H and O–H groups in total. The molecule has 4 heterocycles. The SMILES string of the molecule is S=P12c3c4cc(-c5ccc6c7ccccc7n(-c7ccccc7)c6c5)cc3Oc3cccc(c31)N(c1ccccc1)c1cccc(c12)O4. The first-order chi connectivity index (χ1) is 23.7. The number of hydrogen-bond acceptors (Lipinski definition) is 4. The van der Waals surface area contributed by atoms with Gasteiger partial charge in [-0.25, -0.2) is 0 Å². The summed E-state index contributed by atoms with van der Waals surface area (Å²) in [5, 5.41) is 5.65. The minimum absolute atomic E-state index is 0.785. The van der Waals surface area contributed by atoms with E-state index in [4.69, 9.17) is 21.3 Å². The minimum atomic E-state index is -2.52. The third kappa shape index (κ3) is 3.37. The molecule has 226 valence electrons. The van der Waals surface area contributed by atoms with E-state index in [2.05, 4.69) is 155 Å². The van der Waals surface area contributed by atoms with Gasteiger partial charge >= 0.3 is 0 Å². The third-order valence-corrected chi connectivity index (χ3v) is 14.8. The van der Waals surface area contributed by atoms with Gasteiger partial charge in [0, 0.05) is 22.1 Å². The van der Waals surface area contributed by atoms with E-state index in [1.54, 1.807) is 0 Å². The highest BCUT2D eigenvalue weighted by Crippen LogP contribution is 2.65. The topological polar surface area (TPSA) is 26.6 Å². The lowest BCUT2D eigenvalue weighted by Crippen LogP contribution is -2.42. The van der Waals surface area contributed by atoms with Crippen LogP contribution in [0.1, 0.15) is 0 Å². The molecule has 0 aliphatic carbocycles. The molecule has 0 amide bonds. The van der Waals surface area contributed by atoms with Crippen LogP contribution < -0.4 is 30.3 Å². The molecule has 0 saturated heterocycles. The van der Waals surface area contributed by atoms with Crippen LogP contribution in [0, 0.1) is 0 Å². The van der Waals surface area contributed by atoms with Crippen LogP contribution in [0.25, 0.3) is 38.6 Å². The van der Waals surface area contributed by atoms with Crippen molar-refractivity contribution in [3.63, 3.8) is 0 Å². The quantitative estimate of drug-likeness (QED) is 0.178. The average Bonchev–Trinajstić information content (AvgIpc) is 3.46. The maximum absolute atomic E-state index is 6.94. The van der Waals surface area contributed by atoms with Gasteiger partial charge in [-0.1, -0.05) is 90.7 Å². The summed E-state index contributed by atoms with van der Waals surface area (Å²) >= 11 is 6.94. The van der Waals surface area contributed by atoms with Crippen LogP contribution >= 0.6 is 6.04 Å². The maximum Gasteiger partial charge on any atom is 0.140 e. The molecule has 0 fully saturated rings. The van der Waals surface area contributed by atoms with Crippen molar-refractivity contribution in [3.8, 4) is 39.8 Å². The summed E-state index contributed by atoms with van der Waals surface area (Å²) in [4.78, 5) is 2.31. The Balaban J connectivity index is 1.15. The molecule has 0 spiro atoms. The molecule has 3 aliphatic rings. The van der Waals surface area contributed by atoms with Crippen LogP contribution in [0.15, 0.2) is 152 Å². The van der Waals surface area contributed by atoms with Gasteiger partial charge in [-0.3, -0.25) is 0 Å². The number of anilines is 3. The number of aromatic nitrogens is 1. The number of ether oxygens (including phenoxy) is 2. The van der Waals surface area contributed by atoms with Crippen molar-refractivity contribution in [2.75, 3.05) is 4.90 Å². The van der Waals surface area contributed by atoms with Crippen molar-refractivity contribution in [1.82, 2.24) is 4.57 Å². The predicted molar refractivity (Wildman–Crippen MR) is 201 cm³/mol. The summed E-state index contributed by atoms with van der Waals surface area (Å²) in [6, 6.07) is 50.8. The van der Waals surface area contributed by atoms with Gasteiger partial charge in [-0.2, -0.15) is 0 Å². The lowest BCUT2D eigenvalue weighted by Gasteiger charge is -2.45. The normalized spacial score (nSPS) is 14.4. The summed E-state index contributed by atoms with van der Waals surface area (Å²) in [6.07, 6.45) is 0. The molecule has 0 saturated carbocycles. The van der Waals surface area contributed by atoms with Gasteiger partial charge in [-0.05, 0) is 83.9 Å². The van der Waals surface area contributed by atoms with Gasteiger partial charge in [0.25, 0.3) is 0 Å². The molecule has 11 rings (SSSR count). The van der Waals surface area contributed by atoms with Gasteiger partial charge in [0.05, 0.1) is 44.4 Å². The molecule has 8 aromatic rings. The Morgan fingerprint density at radius 3 is 1.69 bits per heavy atom. The Hall–Kier alpha value is -5.61. The van der Waals surface area contributed by atoms with E-state index in [9.17, 15) is 0 Å². The lowest BCUT2D eigenvalue weighted by atomic mass is 10.0. The number of hydrogen-bond donors (Lipinski definition) is 0. The zero-order chi connectivity index (χ0) is 31.6. The molecule has 0 atom stereocenters. The van der Waals surface area contributed by atoms with Crippen LogP contribution in [0.5, 0.6) is 23.0 Å². The van der Waals surface area contributed by atoms with Crippen LogP contribution in [-0.4, -0.2) is 4.57 Å². The number of benzene rings is 7. The molecule has 48 heavy (non-hydrogen) atoms. The van der Waals surface area contributed by atoms with E-state index in [-0.39, 0.29) is 0 Å². The zero-order valence-corrected chi connectivity index (χ0v) is 27.2. The molecular weight excluding hydrogens is 628 g/mol. The monoisotopic (exact) mass is 652 g/mol. The number of fused-ring (bicyclic) bond motifs is 3. The second-order valence-electron chi connectivity index (χ2n) is 12.5. The van der Waals surface area contributed by atoms with Gasteiger partial charge in [-0.15, -0.1) is 0 Å². The first kappa shape index (κ1) is 26.5. The summed E-state index contributed by atoms with van der Waals surface area (Å²) < 4.78 is 16.0. The van der Waals surface area contributed by atoms with E-state index < -0.39 is 6.04 Å². The first-order valence-electron chi connectivity index (χ1n) is 16.0. The highest BCUT2D eigenvalue weighted by atomic mass is 32.4. The van der Waals surface area contributed by atoms with Crippen LogP contribution in [0.3, 0.4) is 0 Å². The Labute approximate surface area is 282 Å². The smallest absolute Gasteiger partial charge is 0.140 e. The molecule has 4 nitrogen and oxygen atoms in total. The van der Waals surface area contributed by atoms with Crippen molar-refractivity contribution < 1.29 is 9.47 Å². The summed E-state index contributed by atoms with van der Waals surface area (Å²) in [5.74, 6) is 3.23. The fraction of sp³-hybridized carbons (Fsp3) is 0. The molecule has 6 heteroatoms. The van der Waals surface area contributed by atoms with Crippen molar-refractivity contribution >= 4 is 72.6 Å². The fourth-order valence-corrected chi connectivity index (χ4v) is 13.0. The molecule has 0 radical (unpaired) electrons. The second-order valence-corrected chi connectivity index (χ2v) is 16.7. The van der Waals surface area contributed by atoms with Crippen LogP contribution in [-0.2, 0) is 11.8 Å². The highest BCUT2D eigenvalue weighted by Gasteiger charge is 2.49. The predicted octanol–water partition coefficient (Wildman–Crippen LogP) is 10.2. The van der Waals surface area contributed by atoms with Crippen molar-refractivity contribution in [2.45, 2.75) is 0 Å². The highest BCUT2D eigenvalue weighted by molar-refractivity contribution is 8.26. The van der Waals surface area contributed by atoms with Crippen molar-refractivity contribution in [3.05, 3.63) is 152 Å². The van der Waals surface area contributed by atoms with Gasteiger partial charge in [0.1, 0.15) is 23.0 Å². The second kappa shape index (κ2) is 9.48. The summed E-state index contributed by atoms with van der Waals surface area (Å²) in [5.41, 5.74) is 8.81. The first-order valence-corrected chi connectivity index (χ1v) is 18.8. The number of nitrogens with zero attached hydrogens (tertiary/aromatic N) is 2. The fourth-order valence-electron chi connectivity index (χ4n) is 7.96. The Morgan fingerprint density at radius 1 is 0.438 bits per heavy atom. The summed E-state index contributed by atoms with van der Waals surface area (Å²) in [7, 11) is 0. The summed E-state index contributed by atoms with van der Waals surface area (Å²) in [6.45, 7) is 0. The van der Waals surface area contributed by atoms with Crippen molar-refractivity contribution in [1.29, 1.82) is 0 Å². The Kier molecular flexibility index (Phi) is 5.23. The van der Waals surface area contributed by atoms with E-state index in [0.29, 0.717) is 0 Å². The van der Waals surface area contributed by atoms with Gasteiger partial charge in [0.2, 0.25) is 0 Å². The minimum Gasteiger partial charge on any atom is -0.456 e. The maximum atomic E-state index is 6.94. The average molecular weight is 653 g/mol. The van der Waals surface area contributed by atoms with Crippen molar-refractivity contribution in [2.24, 2.45) is 0 Å². The van der Waals surface area contributed by atoms with E-state index >= 15 is 0 Å². The Morgan fingerprint density at radius 2 is 1.02 bits per heavy atom. The van der Waals surface area contributed by atoms with E-state index in [1.807, 2.05) is 6.07 Å². The Bertz CT molecular complexity index is 2640. The lowest BCUT2D eigenvalue weighted by molar-refractivity contribution is 0.466. The molecule has 0 unspecified atom stereocenters. The van der Waals surface area contributed by atoms with E-state index in [0.717, 1.165) is 78.3 Å². The number of rotatable bonds is 3. The standard InChI is InChI=1S/C42H25N2O2PS/c48-47-40-33-17-9-19-36(40)45-38-24-27(25-39(42(38)47)46-37-20-10-18-34(41(37)47)44(33)29-13-5-2-6-14-29)26-21-22-31-30-15-7-8-16-32(30)43(35(31)23-26)28-11-3-1-4-12-28/h1-25H. The van der Waals surface area contributed by atoms with Gasteiger partial charge < -0.3 is 18.9 Å². The number of para-hydroxylation sites is 3. The molecule has 1 aromatic heterocycles. The largest absolute Gasteiger partial charge is 0.456 e.